The van der Waals surface area contributed by atoms with Gasteiger partial charge in [-0.15, -0.1) is 0 Å². The van der Waals surface area contributed by atoms with Crippen LogP contribution in [0.25, 0.3) is 0 Å². The Balaban J connectivity index is 2.82. The Hall–Kier alpha value is -1.08. The molecule has 0 spiro atoms. The smallest absolute Gasteiger partial charge is 0.358 e. The lowest BCUT2D eigenvalue weighted by molar-refractivity contribution is 0.00890. The standard InChI is InChI=1S/C9H10Cl2N2O4/c10-6-1-5(12)7(11)8(13-6)9(16)17-3-4(15)2-14/h1,4,14-15H,2-3H2,(H2,12,13). The first-order chi connectivity index (χ1) is 7.95. The summed E-state index contributed by atoms with van der Waals surface area (Å²) in [5.74, 6) is -0.878. The minimum atomic E-state index is -1.16. The lowest BCUT2D eigenvalue weighted by atomic mass is 10.3. The molecule has 0 fully saturated rings. The van der Waals surface area contributed by atoms with Gasteiger partial charge in [-0.25, -0.2) is 9.78 Å². The SMILES string of the molecule is Nc1cc(Cl)nc(C(=O)OCC(O)CO)c1Cl. The van der Waals surface area contributed by atoms with Gasteiger partial charge in [0.25, 0.3) is 0 Å². The fourth-order valence-corrected chi connectivity index (χ4v) is 1.32. The van der Waals surface area contributed by atoms with Gasteiger partial charge in [0.15, 0.2) is 5.69 Å². The van der Waals surface area contributed by atoms with Crippen molar-refractivity contribution in [2.75, 3.05) is 18.9 Å². The maximum atomic E-state index is 11.5. The van der Waals surface area contributed by atoms with Gasteiger partial charge in [-0.05, 0) is 6.07 Å². The fourth-order valence-electron chi connectivity index (χ4n) is 0.945. The molecular weight excluding hydrogens is 271 g/mol. The van der Waals surface area contributed by atoms with Crippen LogP contribution in [-0.4, -0.2) is 40.5 Å². The summed E-state index contributed by atoms with van der Waals surface area (Å²) < 4.78 is 4.66. The lowest BCUT2D eigenvalue weighted by Crippen LogP contribution is -2.22. The monoisotopic (exact) mass is 280 g/mol. The average Bonchev–Trinajstić information content (AvgIpc) is 2.30. The predicted octanol–water partition coefficient (Wildman–Crippen LogP) is 0.481. The molecule has 1 aromatic heterocycles. The van der Waals surface area contributed by atoms with Crippen molar-refractivity contribution < 1.29 is 19.7 Å². The molecule has 94 valence electrons. The number of rotatable bonds is 4. The quantitative estimate of drug-likeness (QED) is 0.547. The van der Waals surface area contributed by atoms with E-state index in [1.165, 1.54) is 6.07 Å². The number of aliphatic hydroxyl groups excluding tert-OH is 2. The number of nitrogens with two attached hydrogens (primary N) is 1. The summed E-state index contributed by atoms with van der Waals surface area (Å²) in [6.45, 7) is -0.897. The second-order valence-electron chi connectivity index (χ2n) is 3.13. The molecule has 0 aliphatic carbocycles. The van der Waals surface area contributed by atoms with Crippen molar-refractivity contribution in [1.82, 2.24) is 4.98 Å². The van der Waals surface area contributed by atoms with Crippen LogP contribution in [0.1, 0.15) is 10.5 Å². The molecule has 1 unspecified atom stereocenters. The van der Waals surface area contributed by atoms with Gasteiger partial charge in [0.05, 0.1) is 17.3 Å². The number of hydrogen-bond acceptors (Lipinski definition) is 6. The molecule has 8 heteroatoms. The van der Waals surface area contributed by atoms with Gasteiger partial charge in [0.2, 0.25) is 0 Å². The lowest BCUT2D eigenvalue weighted by Gasteiger charge is -2.09. The van der Waals surface area contributed by atoms with E-state index in [1.807, 2.05) is 0 Å². The number of nitrogen functional groups attached to an aromatic ring is 1. The van der Waals surface area contributed by atoms with E-state index in [-0.39, 0.29) is 28.2 Å². The number of hydrogen-bond donors (Lipinski definition) is 3. The fraction of sp³-hybridized carbons (Fsp3) is 0.333. The highest BCUT2D eigenvalue weighted by Crippen LogP contribution is 2.25. The Labute approximate surface area is 107 Å². The zero-order chi connectivity index (χ0) is 13.0. The number of pyridine rings is 1. The van der Waals surface area contributed by atoms with E-state index >= 15 is 0 Å². The Morgan fingerprint density at radius 2 is 2.24 bits per heavy atom. The summed E-state index contributed by atoms with van der Waals surface area (Å²) >= 11 is 11.4. The highest BCUT2D eigenvalue weighted by atomic mass is 35.5. The van der Waals surface area contributed by atoms with E-state index in [1.54, 1.807) is 0 Å². The highest BCUT2D eigenvalue weighted by Gasteiger charge is 2.18. The third-order valence-electron chi connectivity index (χ3n) is 1.77. The van der Waals surface area contributed by atoms with Gasteiger partial charge < -0.3 is 20.7 Å². The number of aromatic nitrogens is 1. The summed E-state index contributed by atoms with van der Waals surface area (Å²) in [6, 6.07) is 1.29. The van der Waals surface area contributed by atoms with E-state index in [4.69, 9.17) is 39.1 Å². The molecule has 0 saturated carbocycles. The Kier molecular flexibility index (Phi) is 4.95. The Morgan fingerprint density at radius 1 is 1.59 bits per heavy atom. The van der Waals surface area contributed by atoms with Crippen LogP contribution in [0, 0.1) is 0 Å². The zero-order valence-electron chi connectivity index (χ0n) is 8.56. The highest BCUT2D eigenvalue weighted by molar-refractivity contribution is 6.37. The number of anilines is 1. The maximum absolute atomic E-state index is 11.5. The number of aliphatic hydroxyl groups is 2. The molecule has 0 amide bonds. The second-order valence-corrected chi connectivity index (χ2v) is 3.90. The van der Waals surface area contributed by atoms with E-state index in [9.17, 15) is 4.79 Å². The summed E-state index contributed by atoms with van der Waals surface area (Å²) in [5.41, 5.74) is 5.35. The van der Waals surface area contributed by atoms with Crippen molar-refractivity contribution in [3.05, 3.63) is 21.9 Å². The molecule has 1 rings (SSSR count). The number of nitrogens with zero attached hydrogens (tertiary/aromatic N) is 1. The molecule has 0 aliphatic rings. The van der Waals surface area contributed by atoms with Gasteiger partial charge in [0.1, 0.15) is 17.9 Å². The molecule has 1 aromatic rings. The van der Waals surface area contributed by atoms with Gasteiger partial charge in [-0.1, -0.05) is 23.2 Å². The van der Waals surface area contributed by atoms with Gasteiger partial charge >= 0.3 is 5.97 Å². The third kappa shape index (κ3) is 3.71. The molecule has 0 aromatic carbocycles. The Bertz CT molecular complexity index is 428. The van der Waals surface area contributed by atoms with Crippen LogP contribution < -0.4 is 5.73 Å². The van der Waals surface area contributed by atoms with E-state index < -0.39 is 18.7 Å². The van der Waals surface area contributed by atoms with Crippen LogP contribution in [0.2, 0.25) is 10.2 Å². The number of carbonyl (C=O) groups is 1. The summed E-state index contributed by atoms with van der Waals surface area (Å²) in [5, 5.41) is 17.5. The maximum Gasteiger partial charge on any atom is 0.358 e. The molecule has 1 atom stereocenters. The largest absolute Gasteiger partial charge is 0.458 e. The minimum Gasteiger partial charge on any atom is -0.458 e. The average molecular weight is 281 g/mol. The van der Waals surface area contributed by atoms with Crippen LogP contribution in [0.4, 0.5) is 5.69 Å². The molecular formula is C9H10Cl2N2O4. The van der Waals surface area contributed by atoms with E-state index in [0.717, 1.165) is 0 Å². The normalized spacial score (nSPS) is 12.2. The van der Waals surface area contributed by atoms with Crippen LogP contribution in [0.3, 0.4) is 0 Å². The van der Waals surface area contributed by atoms with Crippen molar-refractivity contribution in [2.24, 2.45) is 0 Å². The predicted molar refractivity (Wildman–Crippen MR) is 62.0 cm³/mol. The summed E-state index contributed by atoms with van der Waals surface area (Å²) in [4.78, 5) is 15.2. The first-order valence-electron chi connectivity index (χ1n) is 4.53. The van der Waals surface area contributed by atoms with Gasteiger partial charge in [-0.2, -0.15) is 0 Å². The number of halogens is 2. The van der Waals surface area contributed by atoms with E-state index in [2.05, 4.69) is 9.72 Å². The molecule has 0 bridgehead atoms. The van der Waals surface area contributed by atoms with E-state index in [0.29, 0.717) is 0 Å². The van der Waals surface area contributed by atoms with Crippen molar-refractivity contribution in [2.45, 2.75) is 6.10 Å². The minimum absolute atomic E-state index is 0.00144. The molecule has 0 radical (unpaired) electrons. The van der Waals surface area contributed by atoms with Crippen LogP contribution in [-0.2, 0) is 4.74 Å². The van der Waals surface area contributed by atoms with Crippen molar-refractivity contribution in [1.29, 1.82) is 0 Å². The molecule has 6 nitrogen and oxygen atoms in total. The van der Waals surface area contributed by atoms with Gasteiger partial charge in [0, 0.05) is 0 Å². The summed E-state index contributed by atoms with van der Waals surface area (Å²) in [6.07, 6.45) is -1.16. The first kappa shape index (κ1) is 14.0. The number of esters is 1. The third-order valence-corrected chi connectivity index (χ3v) is 2.36. The van der Waals surface area contributed by atoms with Gasteiger partial charge in [-0.3, -0.25) is 0 Å². The molecule has 17 heavy (non-hydrogen) atoms. The molecule has 1 heterocycles. The van der Waals surface area contributed by atoms with Crippen molar-refractivity contribution in [3.63, 3.8) is 0 Å². The number of carbonyl (C=O) groups excluding carboxylic acids is 1. The van der Waals surface area contributed by atoms with Crippen LogP contribution in [0.5, 0.6) is 0 Å². The van der Waals surface area contributed by atoms with Crippen molar-refractivity contribution in [3.8, 4) is 0 Å². The molecule has 4 N–H and O–H groups in total. The second kappa shape index (κ2) is 6.02. The van der Waals surface area contributed by atoms with Crippen molar-refractivity contribution >= 4 is 34.9 Å². The summed E-state index contributed by atoms with van der Waals surface area (Å²) in [7, 11) is 0. The molecule has 0 saturated heterocycles. The molecule has 0 aliphatic heterocycles. The van der Waals surface area contributed by atoms with Crippen LogP contribution >= 0.6 is 23.2 Å². The number of ether oxygens (including phenoxy) is 1. The first-order valence-corrected chi connectivity index (χ1v) is 5.28. The zero-order valence-corrected chi connectivity index (χ0v) is 10.1. The topological polar surface area (TPSA) is 106 Å². The Morgan fingerprint density at radius 3 is 2.82 bits per heavy atom. The van der Waals surface area contributed by atoms with Crippen LogP contribution in [0.15, 0.2) is 6.07 Å².